The fourth-order valence-electron chi connectivity index (χ4n) is 5.40. The van der Waals surface area contributed by atoms with E-state index >= 15 is 0 Å². The Hall–Kier alpha value is -5.62. The zero-order valence-electron chi connectivity index (χ0n) is 22.2. The van der Waals surface area contributed by atoms with Gasteiger partial charge in [-0.3, -0.25) is 19.2 Å². The van der Waals surface area contributed by atoms with Gasteiger partial charge >= 0.3 is 0 Å². The number of benzene rings is 5. The minimum absolute atomic E-state index is 0.0534. The Kier molecular flexibility index (Phi) is 6.57. The summed E-state index contributed by atoms with van der Waals surface area (Å²) >= 11 is 0. The van der Waals surface area contributed by atoms with Crippen LogP contribution in [0.15, 0.2) is 121 Å². The van der Waals surface area contributed by atoms with Gasteiger partial charge in [-0.2, -0.15) is 0 Å². The minimum Gasteiger partial charge on any atom is -0.311 e. The first-order valence-corrected chi connectivity index (χ1v) is 13.1. The minimum atomic E-state index is -0.555. The van der Waals surface area contributed by atoms with E-state index in [2.05, 4.69) is 0 Å². The number of carbonyl (C=O) groups excluding carboxylic acids is 4. The highest BCUT2D eigenvalue weighted by Gasteiger charge is 2.44. The second-order valence-electron chi connectivity index (χ2n) is 9.62. The van der Waals surface area contributed by atoms with E-state index in [0.29, 0.717) is 28.8 Å². The molecule has 0 unspecified atom stereocenters. The molecule has 0 atom stereocenters. The molecule has 0 aliphatic carbocycles. The van der Waals surface area contributed by atoms with Gasteiger partial charge in [0.05, 0.1) is 22.4 Å². The van der Waals surface area contributed by atoms with Crippen molar-refractivity contribution < 1.29 is 19.2 Å². The SMILES string of the molecule is CN(C(=O)c1c(C=O)c(-c2ccccc2)c2c(c1-c1ccccc1)C(=O)N(c1ccccc1)C2=O)c1ccccc1. The summed E-state index contributed by atoms with van der Waals surface area (Å²) < 4.78 is 0. The number of amides is 3. The van der Waals surface area contributed by atoms with E-state index in [-0.39, 0.29) is 33.4 Å². The van der Waals surface area contributed by atoms with Crippen LogP contribution in [0.2, 0.25) is 0 Å². The molecule has 0 radical (unpaired) electrons. The zero-order valence-corrected chi connectivity index (χ0v) is 22.2. The predicted molar refractivity (Wildman–Crippen MR) is 159 cm³/mol. The van der Waals surface area contributed by atoms with Crippen LogP contribution in [-0.4, -0.2) is 31.1 Å². The Morgan fingerprint density at radius 2 is 1.05 bits per heavy atom. The van der Waals surface area contributed by atoms with Crippen molar-refractivity contribution in [2.75, 3.05) is 16.8 Å². The molecule has 0 N–H and O–H groups in total. The van der Waals surface area contributed by atoms with Gasteiger partial charge in [-0.1, -0.05) is 97.1 Å². The molecule has 1 heterocycles. The molecule has 0 spiro atoms. The monoisotopic (exact) mass is 536 g/mol. The van der Waals surface area contributed by atoms with Crippen molar-refractivity contribution in [1.29, 1.82) is 0 Å². The van der Waals surface area contributed by atoms with Crippen molar-refractivity contribution >= 4 is 35.4 Å². The third-order valence-corrected chi connectivity index (χ3v) is 7.29. The largest absolute Gasteiger partial charge is 0.311 e. The predicted octanol–water partition coefficient (Wildman–Crippen LogP) is 6.91. The van der Waals surface area contributed by atoms with E-state index in [4.69, 9.17) is 0 Å². The molecular weight excluding hydrogens is 512 g/mol. The van der Waals surface area contributed by atoms with Gasteiger partial charge in [-0.05, 0) is 35.4 Å². The molecule has 0 bridgehead atoms. The quantitative estimate of drug-likeness (QED) is 0.175. The highest BCUT2D eigenvalue weighted by atomic mass is 16.2. The Bertz CT molecular complexity index is 1800. The number of carbonyl (C=O) groups is 4. The van der Waals surface area contributed by atoms with Gasteiger partial charge in [0.1, 0.15) is 0 Å². The molecule has 0 fully saturated rings. The zero-order chi connectivity index (χ0) is 28.5. The van der Waals surface area contributed by atoms with Crippen LogP contribution in [0.4, 0.5) is 11.4 Å². The highest BCUT2D eigenvalue weighted by Crippen LogP contribution is 2.45. The van der Waals surface area contributed by atoms with Gasteiger partial charge < -0.3 is 4.90 Å². The topological polar surface area (TPSA) is 74.8 Å². The molecule has 0 aromatic heterocycles. The molecule has 198 valence electrons. The van der Waals surface area contributed by atoms with Crippen LogP contribution >= 0.6 is 0 Å². The summed E-state index contributed by atoms with van der Waals surface area (Å²) in [5.41, 5.74) is 2.95. The Morgan fingerprint density at radius 3 is 1.56 bits per heavy atom. The van der Waals surface area contributed by atoms with Gasteiger partial charge in [0.25, 0.3) is 17.7 Å². The molecule has 6 nitrogen and oxygen atoms in total. The highest BCUT2D eigenvalue weighted by molar-refractivity contribution is 6.40. The number of imide groups is 1. The third kappa shape index (κ3) is 4.22. The van der Waals surface area contributed by atoms with E-state index in [1.165, 1.54) is 4.90 Å². The van der Waals surface area contributed by atoms with E-state index < -0.39 is 17.7 Å². The van der Waals surface area contributed by atoms with Crippen molar-refractivity contribution in [3.05, 3.63) is 144 Å². The molecule has 6 rings (SSSR count). The first-order chi connectivity index (χ1) is 20.0. The summed E-state index contributed by atoms with van der Waals surface area (Å²) in [5.74, 6) is -1.58. The number of hydrogen-bond donors (Lipinski definition) is 0. The second kappa shape index (κ2) is 10.5. The molecule has 1 aliphatic rings. The number of anilines is 2. The van der Waals surface area contributed by atoms with Crippen molar-refractivity contribution in [1.82, 2.24) is 0 Å². The van der Waals surface area contributed by atoms with Crippen LogP contribution in [0.5, 0.6) is 0 Å². The fraction of sp³-hybridized carbons (Fsp3) is 0.0286. The maximum atomic E-state index is 14.4. The average molecular weight is 537 g/mol. The molecule has 1 aliphatic heterocycles. The molecule has 0 saturated carbocycles. The first-order valence-electron chi connectivity index (χ1n) is 13.1. The lowest BCUT2D eigenvalue weighted by Gasteiger charge is -2.24. The van der Waals surface area contributed by atoms with Crippen LogP contribution in [0.1, 0.15) is 41.4 Å². The number of para-hydroxylation sites is 2. The summed E-state index contributed by atoms with van der Waals surface area (Å²) in [4.78, 5) is 58.5. The van der Waals surface area contributed by atoms with E-state index in [1.54, 1.807) is 98.0 Å². The summed E-state index contributed by atoms with van der Waals surface area (Å²) in [6.07, 6.45) is 0.615. The Morgan fingerprint density at radius 1 is 0.610 bits per heavy atom. The number of fused-ring (bicyclic) bond motifs is 1. The Labute approximate surface area is 237 Å². The van der Waals surface area contributed by atoms with Crippen molar-refractivity contribution in [3.8, 4) is 22.3 Å². The van der Waals surface area contributed by atoms with Crippen LogP contribution in [-0.2, 0) is 0 Å². The average Bonchev–Trinajstić information content (AvgIpc) is 3.29. The standard InChI is InChI=1S/C35H24N2O4/c1-36(25-18-10-4-11-19-25)33(39)30-27(22-38)28(23-14-6-2-7-15-23)31-32(29(30)24-16-8-3-9-17-24)35(41)37(34(31)40)26-20-12-5-13-21-26/h2-22H,1H3. The van der Waals surface area contributed by atoms with Crippen LogP contribution in [0.3, 0.4) is 0 Å². The number of nitrogens with zero attached hydrogens (tertiary/aromatic N) is 2. The van der Waals surface area contributed by atoms with Gasteiger partial charge in [0.2, 0.25) is 0 Å². The molecule has 3 amide bonds. The molecule has 5 aromatic carbocycles. The maximum Gasteiger partial charge on any atom is 0.266 e. The number of rotatable bonds is 6. The van der Waals surface area contributed by atoms with Crippen LogP contribution in [0.25, 0.3) is 22.3 Å². The first kappa shape index (κ1) is 25.6. The van der Waals surface area contributed by atoms with Crippen molar-refractivity contribution in [3.63, 3.8) is 0 Å². The Balaban J connectivity index is 1.75. The van der Waals surface area contributed by atoms with Crippen LogP contribution < -0.4 is 9.80 Å². The molecular formula is C35H24N2O4. The lowest BCUT2D eigenvalue weighted by atomic mass is 9.82. The fourth-order valence-corrected chi connectivity index (χ4v) is 5.40. The second-order valence-corrected chi connectivity index (χ2v) is 9.62. The van der Waals surface area contributed by atoms with Crippen LogP contribution in [0, 0.1) is 0 Å². The van der Waals surface area contributed by atoms with E-state index in [1.807, 2.05) is 30.3 Å². The van der Waals surface area contributed by atoms with Gasteiger partial charge in [-0.15, -0.1) is 0 Å². The van der Waals surface area contributed by atoms with E-state index in [9.17, 15) is 19.2 Å². The van der Waals surface area contributed by atoms with Gasteiger partial charge in [0, 0.05) is 29.4 Å². The summed E-state index contributed by atoms with van der Waals surface area (Å²) in [7, 11) is 1.62. The smallest absolute Gasteiger partial charge is 0.266 e. The van der Waals surface area contributed by atoms with Gasteiger partial charge in [-0.25, -0.2) is 4.90 Å². The lowest BCUT2D eigenvalue weighted by molar-refractivity contribution is 0.0925. The molecule has 41 heavy (non-hydrogen) atoms. The van der Waals surface area contributed by atoms with E-state index in [0.717, 1.165) is 4.90 Å². The summed E-state index contributed by atoms with van der Waals surface area (Å²) in [5, 5.41) is 0. The van der Waals surface area contributed by atoms with Crippen molar-refractivity contribution in [2.24, 2.45) is 0 Å². The normalized spacial score (nSPS) is 12.3. The maximum absolute atomic E-state index is 14.4. The summed E-state index contributed by atoms with van der Waals surface area (Å²) in [6.45, 7) is 0. The number of aldehydes is 1. The van der Waals surface area contributed by atoms with Crippen molar-refractivity contribution in [2.45, 2.75) is 0 Å². The molecule has 6 heteroatoms. The third-order valence-electron chi connectivity index (χ3n) is 7.29. The number of hydrogen-bond acceptors (Lipinski definition) is 4. The molecule has 5 aromatic rings. The van der Waals surface area contributed by atoms with Gasteiger partial charge in [0.15, 0.2) is 6.29 Å². The lowest BCUT2D eigenvalue weighted by Crippen LogP contribution is -2.29. The summed E-state index contributed by atoms with van der Waals surface area (Å²) in [6, 6.07) is 35.6. The molecule has 0 saturated heterocycles.